The third kappa shape index (κ3) is 2.21. The van der Waals surface area contributed by atoms with Crippen LogP contribution in [0.3, 0.4) is 0 Å². The van der Waals surface area contributed by atoms with Crippen LogP contribution >= 0.6 is 11.3 Å². The number of hydrogen-bond donors (Lipinski definition) is 0. The average molecular weight is 281 g/mol. The number of methoxy groups -OCH3 is 2. The molecule has 102 valence electrons. The van der Waals surface area contributed by atoms with Gasteiger partial charge >= 0.3 is 5.97 Å². The first-order chi connectivity index (χ1) is 8.99. The lowest BCUT2D eigenvalue weighted by Gasteiger charge is -2.01. The van der Waals surface area contributed by atoms with E-state index in [1.807, 2.05) is 6.92 Å². The quantitative estimate of drug-likeness (QED) is 0.805. The van der Waals surface area contributed by atoms with Crippen LogP contribution in [0.1, 0.15) is 21.1 Å². The Morgan fingerprint density at radius 3 is 2.53 bits per heavy atom. The molecule has 7 heteroatoms. The Morgan fingerprint density at radius 1 is 1.26 bits per heavy atom. The largest absolute Gasteiger partial charge is 0.481 e. The molecule has 0 saturated heterocycles. The normalized spacial score (nSPS) is 10.6. The van der Waals surface area contributed by atoms with E-state index in [0.29, 0.717) is 21.5 Å². The van der Waals surface area contributed by atoms with Crippen LogP contribution in [0.15, 0.2) is 0 Å². The van der Waals surface area contributed by atoms with Crippen molar-refractivity contribution in [1.29, 1.82) is 0 Å². The molecule has 0 bridgehead atoms. The van der Waals surface area contributed by atoms with Gasteiger partial charge in [-0.05, 0) is 13.8 Å². The Hall–Kier alpha value is -1.89. The molecule has 0 unspecified atom stereocenters. The van der Waals surface area contributed by atoms with Gasteiger partial charge in [-0.3, -0.25) is 0 Å². The van der Waals surface area contributed by atoms with E-state index in [2.05, 4.69) is 10.1 Å². The number of rotatable bonds is 3. The predicted octanol–water partition coefficient (Wildman–Crippen LogP) is 1.96. The molecule has 0 radical (unpaired) electrons. The lowest BCUT2D eigenvalue weighted by molar-refractivity contribution is 0.0605. The molecule has 2 aromatic rings. The first kappa shape index (κ1) is 13.5. The minimum Gasteiger partial charge on any atom is -0.481 e. The smallest absolute Gasteiger partial charge is 0.349 e. The maximum Gasteiger partial charge on any atom is 0.349 e. The maximum absolute atomic E-state index is 11.6. The summed E-state index contributed by atoms with van der Waals surface area (Å²) in [4.78, 5) is 16.5. The van der Waals surface area contributed by atoms with Gasteiger partial charge in [0.15, 0.2) is 0 Å². The zero-order valence-electron chi connectivity index (χ0n) is 11.5. The van der Waals surface area contributed by atoms with Crippen molar-refractivity contribution in [3.63, 3.8) is 0 Å². The molecule has 0 N–H and O–H groups in total. The van der Waals surface area contributed by atoms with Gasteiger partial charge in [0.2, 0.25) is 5.88 Å². The standard InChI is InChI=1S/C12H15N3O3S/c1-6-8(11(17-4)15(3)14-6)10-13-7(2)9(19-10)12(16)18-5/h1-5H3. The van der Waals surface area contributed by atoms with Crippen LogP contribution in [0.2, 0.25) is 0 Å². The van der Waals surface area contributed by atoms with Crippen LogP contribution in [0.4, 0.5) is 0 Å². The maximum atomic E-state index is 11.6. The Balaban J connectivity index is 2.57. The van der Waals surface area contributed by atoms with Crippen LogP contribution in [0.25, 0.3) is 10.6 Å². The fourth-order valence-electron chi connectivity index (χ4n) is 1.90. The van der Waals surface area contributed by atoms with Crippen molar-refractivity contribution in [1.82, 2.24) is 14.8 Å². The molecular weight excluding hydrogens is 266 g/mol. The second-order valence-corrected chi connectivity index (χ2v) is 5.02. The Labute approximate surface area is 115 Å². The number of ether oxygens (including phenoxy) is 2. The SMILES string of the molecule is COC(=O)c1sc(-c2c(C)nn(C)c2OC)nc1C. The first-order valence-electron chi connectivity index (χ1n) is 5.63. The third-order valence-corrected chi connectivity index (χ3v) is 3.90. The summed E-state index contributed by atoms with van der Waals surface area (Å²) in [6.45, 7) is 3.66. The molecule has 0 aliphatic rings. The number of thiazole rings is 1. The topological polar surface area (TPSA) is 66.2 Å². The molecule has 19 heavy (non-hydrogen) atoms. The molecule has 2 heterocycles. The highest BCUT2D eigenvalue weighted by atomic mass is 32.1. The summed E-state index contributed by atoms with van der Waals surface area (Å²) in [5.41, 5.74) is 2.27. The highest BCUT2D eigenvalue weighted by molar-refractivity contribution is 7.17. The summed E-state index contributed by atoms with van der Waals surface area (Å²) < 4.78 is 11.7. The Kier molecular flexibility index (Phi) is 3.57. The van der Waals surface area contributed by atoms with Crippen molar-refractivity contribution < 1.29 is 14.3 Å². The van der Waals surface area contributed by atoms with E-state index in [1.165, 1.54) is 18.4 Å². The molecule has 2 rings (SSSR count). The fourth-order valence-corrected chi connectivity index (χ4v) is 2.98. The molecular formula is C12H15N3O3S. The summed E-state index contributed by atoms with van der Waals surface area (Å²) >= 11 is 1.28. The van der Waals surface area contributed by atoms with Gasteiger partial charge < -0.3 is 9.47 Å². The van der Waals surface area contributed by atoms with Crippen molar-refractivity contribution >= 4 is 17.3 Å². The van der Waals surface area contributed by atoms with E-state index < -0.39 is 0 Å². The lowest BCUT2D eigenvalue weighted by atomic mass is 10.2. The molecule has 0 aliphatic heterocycles. The van der Waals surface area contributed by atoms with Gasteiger partial charge in [0.25, 0.3) is 0 Å². The van der Waals surface area contributed by atoms with Gasteiger partial charge in [0, 0.05) is 7.05 Å². The van der Waals surface area contributed by atoms with Gasteiger partial charge in [-0.25, -0.2) is 14.5 Å². The first-order valence-corrected chi connectivity index (χ1v) is 6.45. The lowest BCUT2D eigenvalue weighted by Crippen LogP contribution is -1.99. The van der Waals surface area contributed by atoms with E-state index in [9.17, 15) is 4.79 Å². The highest BCUT2D eigenvalue weighted by Gasteiger charge is 2.23. The monoisotopic (exact) mass is 281 g/mol. The van der Waals surface area contributed by atoms with Crippen LogP contribution < -0.4 is 4.74 Å². The number of carbonyl (C=O) groups excluding carboxylic acids is 1. The summed E-state index contributed by atoms with van der Waals surface area (Å²) in [5.74, 6) is 0.254. The van der Waals surface area contributed by atoms with E-state index in [0.717, 1.165) is 11.3 Å². The van der Waals surface area contributed by atoms with Gasteiger partial charge in [-0.15, -0.1) is 11.3 Å². The van der Waals surface area contributed by atoms with Gasteiger partial charge in [-0.2, -0.15) is 5.10 Å². The molecule has 0 saturated carbocycles. The molecule has 6 nitrogen and oxygen atoms in total. The zero-order valence-corrected chi connectivity index (χ0v) is 12.3. The number of aryl methyl sites for hydroxylation is 3. The Bertz CT molecular complexity index is 630. The van der Waals surface area contributed by atoms with Crippen molar-refractivity contribution in [2.75, 3.05) is 14.2 Å². The number of carbonyl (C=O) groups is 1. The van der Waals surface area contributed by atoms with E-state index >= 15 is 0 Å². The molecule has 0 amide bonds. The summed E-state index contributed by atoms with van der Waals surface area (Å²) in [6.07, 6.45) is 0. The molecule has 0 aromatic carbocycles. The van der Waals surface area contributed by atoms with Crippen LogP contribution in [-0.2, 0) is 11.8 Å². The van der Waals surface area contributed by atoms with E-state index in [-0.39, 0.29) is 5.97 Å². The van der Waals surface area contributed by atoms with Crippen molar-refractivity contribution in [3.05, 3.63) is 16.3 Å². The molecule has 0 fully saturated rings. The number of esters is 1. The van der Waals surface area contributed by atoms with Crippen LogP contribution in [0.5, 0.6) is 5.88 Å². The van der Waals surface area contributed by atoms with Gasteiger partial charge in [0.1, 0.15) is 9.88 Å². The molecule has 0 spiro atoms. The Morgan fingerprint density at radius 2 is 1.95 bits per heavy atom. The molecule has 0 aliphatic carbocycles. The molecule has 0 atom stereocenters. The minimum atomic E-state index is -0.373. The third-order valence-electron chi connectivity index (χ3n) is 2.74. The fraction of sp³-hybridized carbons (Fsp3) is 0.417. The summed E-state index contributed by atoms with van der Waals surface area (Å²) in [6, 6.07) is 0. The van der Waals surface area contributed by atoms with Crippen molar-refractivity contribution in [2.24, 2.45) is 7.05 Å². The second-order valence-electron chi connectivity index (χ2n) is 4.02. The zero-order chi connectivity index (χ0) is 14.2. The number of aromatic nitrogens is 3. The predicted molar refractivity (Wildman–Crippen MR) is 71.7 cm³/mol. The minimum absolute atomic E-state index is 0.373. The average Bonchev–Trinajstić information content (AvgIpc) is 2.88. The number of nitrogens with zero attached hydrogens (tertiary/aromatic N) is 3. The second kappa shape index (κ2) is 5.00. The van der Waals surface area contributed by atoms with Crippen LogP contribution in [-0.4, -0.2) is 35.0 Å². The van der Waals surface area contributed by atoms with Crippen LogP contribution in [0, 0.1) is 13.8 Å². The van der Waals surface area contributed by atoms with Crippen molar-refractivity contribution in [2.45, 2.75) is 13.8 Å². The summed E-state index contributed by atoms with van der Waals surface area (Å²) in [5, 5.41) is 5.01. The van der Waals surface area contributed by atoms with E-state index in [4.69, 9.17) is 9.47 Å². The van der Waals surface area contributed by atoms with E-state index in [1.54, 1.807) is 25.8 Å². The van der Waals surface area contributed by atoms with Gasteiger partial charge in [-0.1, -0.05) is 0 Å². The highest BCUT2D eigenvalue weighted by Crippen LogP contribution is 2.36. The summed E-state index contributed by atoms with van der Waals surface area (Å²) in [7, 11) is 4.75. The van der Waals surface area contributed by atoms with Crippen molar-refractivity contribution in [3.8, 4) is 16.5 Å². The van der Waals surface area contributed by atoms with Gasteiger partial charge in [0.05, 0.1) is 31.2 Å². The number of hydrogen-bond acceptors (Lipinski definition) is 6. The molecule has 2 aromatic heterocycles.